The summed E-state index contributed by atoms with van der Waals surface area (Å²) < 4.78 is 27.2. The van der Waals surface area contributed by atoms with Crippen molar-refractivity contribution in [1.29, 1.82) is 0 Å². The third kappa shape index (κ3) is 4.28. The zero-order valence-corrected chi connectivity index (χ0v) is 16.9. The van der Waals surface area contributed by atoms with Crippen LogP contribution in [0.3, 0.4) is 0 Å². The van der Waals surface area contributed by atoms with Crippen LogP contribution in [0.2, 0.25) is 0 Å². The fraction of sp³-hybridized carbons (Fsp3) is 0.474. The number of rotatable bonds is 7. The second-order valence-corrected chi connectivity index (χ2v) is 9.67. The molecule has 142 valence electrons. The van der Waals surface area contributed by atoms with Crippen molar-refractivity contribution in [2.24, 2.45) is 0 Å². The molecule has 0 unspecified atom stereocenters. The summed E-state index contributed by atoms with van der Waals surface area (Å²) in [6.45, 7) is 5.99. The van der Waals surface area contributed by atoms with Crippen LogP contribution in [0.5, 0.6) is 0 Å². The van der Waals surface area contributed by atoms with Crippen LogP contribution >= 0.6 is 11.3 Å². The number of anilines is 1. The first kappa shape index (κ1) is 19.4. The highest BCUT2D eigenvalue weighted by Crippen LogP contribution is 2.36. The minimum atomic E-state index is -3.45. The third-order valence-electron chi connectivity index (χ3n) is 5.06. The molecule has 1 aliphatic heterocycles. The van der Waals surface area contributed by atoms with Crippen molar-refractivity contribution in [3.8, 4) is 0 Å². The molecule has 1 aliphatic rings. The Morgan fingerprint density at radius 3 is 2.65 bits per heavy atom. The lowest BCUT2D eigenvalue weighted by Gasteiger charge is -2.39. The summed E-state index contributed by atoms with van der Waals surface area (Å²) in [4.78, 5) is 4.27. The van der Waals surface area contributed by atoms with E-state index in [1.54, 1.807) is 12.1 Å². The van der Waals surface area contributed by atoms with Gasteiger partial charge in [0, 0.05) is 29.2 Å². The fourth-order valence-corrected chi connectivity index (χ4v) is 5.71. The van der Waals surface area contributed by atoms with Gasteiger partial charge >= 0.3 is 0 Å². The number of nitrogens with two attached hydrogens (primary N) is 1. The van der Waals surface area contributed by atoms with Gasteiger partial charge in [-0.1, -0.05) is 0 Å². The molecule has 1 aromatic carbocycles. The Kier molecular flexibility index (Phi) is 6.02. The lowest BCUT2D eigenvalue weighted by molar-refractivity contribution is 0.139. The number of nitrogens with one attached hydrogen (secondary N) is 1. The number of hydrogen-bond acceptors (Lipinski definition) is 5. The molecule has 0 fully saturated rings. The minimum absolute atomic E-state index is 0.259. The summed E-state index contributed by atoms with van der Waals surface area (Å²) in [5, 5.41) is 2.18. The van der Waals surface area contributed by atoms with Crippen molar-refractivity contribution in [1.82, 2.24) is 9.62 Å². The normalized spacial score (nSPS) is 20.8. The van der Waals surface area contributed by atoms with Crippen LogP contribution in [0.4, 0.5) is 5.69 Å². The van der Waals surface area contributed by atoms with Crippen LogP contribution in [0.1, 0.15) is 43.2 Å². The minimum Gasteiger partial charge on any atom is -0.399 e. The molecule has 0 bridgehead atoms. The predicted molar refractivity (Wildman–Crippen MR) is 108 cm³/mol. The SMILES string of the molecule is C[C@@H]1Cc2ccsc2[C@H](C)N1CCCCNS(=O)(=O)c1ccc(N)cc1. The van der Waals surface area contributed by atoms with Gasteiger partial charge < -0.3 is 5.73 Å². The van der Waals surface area contributed by atoms with Gasteiger partial charge in [-0.15, -0.1) is 11.3 Å². The molecule has 1 aromatic heterocycles. The lowest BCUT2D eigenvalue weighted by Crippen LogP contribution is -2.41. The van der Waals surface area contributed by atoms with Gasteiger partial charge in [0.2, 0.25) is 10.0 Å². The Balaban J connectivity index is 1.46. The van der Waals surface area contributed by atoms with E-state index in [-0.39, 0.29) is 4.90 Å². The van der Waals surface area contributed by atoms with Crippen molar-refractivity contribution in [2.75, 3.05) is 18.8 Å². The molecular formula is C19H27N3O2S2. The maximum atomic E-state index is 12.3. The molecular weight excluding hydrogens is 366 g/mol. The second-order valence-electron chi connectivity index (χ2n) is 6.95. The van der Waals surface area contributed by atoms with E-state index in [2.05, 4.69) is 34.9 Å². The molecule has 3 rings (SSSR count). The molecule has 2 aromatic rings. The van der Waals surface area contributed by atoms with E-state index in [9.17, 15) is 8.42 Å². The fourth-order valence-electron chi connectivity index (χ4n) is 3.62. The molecule has 0 saturated heterocycles. The Morgan fingerprint density at radius 2 is 1.92 bits per heavy atom. The second kappa shape index (κ2) is 8.08. The summed E-state index contributed by atoms with van der Waals surface area (Å²) in [5.41, 5.74) is 7.65. The van der Waals surface area contributed by atoms with Crippen LogP contribution in [0.25, 0.3) is 0 Å². The number of thiophene rings is 1. The van der Waals surface area contributed by atoms with E-state index in [4.69, 9.17) is 5.73 Å². The van der Waals surface area contributed by atoms with Crippen molar-refractivity contribution in [3.05, 3.63) is 46.2 Å². The first-order valence-electron chi connectivity index (χ1n) is 9.05. The van der Waals surface area contributed by atoms with Gasteiger partial charge in [0.05, 0.1) is 4.90 Å². The quantitative estimate of drug-likeness (QED) is 0.558. The summed E-state index contributed by atoms with van der Waals surface area (Å²) in [6, 6.07) is 9.50. The number of sulfonamides is 1. The number of fused-ring (bicyclic) bond motifs is 1. The molecule has 0 radical (unpaired) electrons. The van der Waals surface area contributed by atoms with Crippen LogP contribution in [-0.4, -0.2) is 32.4 Å². The summed E-state index contributed by atoms with van der Waals surface area (Å²) >= 11 is 1.84. The predicted octanol–water partition coefficient (Wildman–Crippen LogP) is 3.40. The van der Waals surface area contributed by atoms with E-state index < -0.39 is 10.0 Å². The molecule has 2 atom stereocenters. The van der Waals surface area contributed by atoms with Crippen LogP contribution in [-0.2, 0) is 16.4 Å². The van der Waals surface area contributed by atoms with E-state index >= 15 is 0 Å². The highest BCUT2D eigenvalue weighted by molar-refractivity contribution is 7.89. The molecule has 26 heavy (non-hydrogen) atoms. The van der Waals surface area contributed by atoms with Crippen LogP contribution in [0.15, 0.2) is 40.6 Å². The van der Waals surface area contributed by atoms with Crippen LogP contribution < -0.4 is 10.5 Å². The Hall–Kier alpha value is -1.41. The molecule has 7 heteroatoms. The number of unbranched alkanes of at least 4 members (excludes halogenated alkanes) is 1. The Labute approximate surface area is 160 Å². The van der Waals surface area contributed by atoms with Gasteiger partial charge in [-0.3, -0.25) is 4.90 Å². The van der Waals surface area contributed by atoms with Gasteiger partial charge in [0.15, 0.2) is 0 Å². The molecule has 0 amide bonds. The summed E-state index contributed by atoms with van der Waals surface area (Å²) in [6.07, 6.45) is 2.90. The van der Waals surface area contributed by atoms with Gasteiger partial charge in [-0.25, -0.2) is 13.1 Å². The zero-order valence-electron chi connectivity index (χ0n) is 15.3. The third-order valence-corrected chi connectivity index (χ3v) is 7.67. The topological polar surface area (TPSA) is 75.4 Å². The Morgan fingerprint density at radius 1 is 1.19 bits per heavy atom. The van der Waals surface area contributed by atoms with E-state index in [1.165, 1.54) is 22.6 Å². The summed E-state index contributed by atoms with van der Waals surface area (Å²) in [5.74, 6) is 0. The first-order chi connectivity index (χ1) is 12.4. The van der Waals surface area contributed by atoms with E-state index in [0.717, 1.165) is 25.8 Å². The molecule has 0 spiro atoms. The van der Waals surface area contributed by atoms with Gasteiger partial charge in [-0.05, 0) is 80.9 Å². The molecule has 2 heterocycles. The summed E-state index contributed by atoms with van der Waals surface area (Å²) in [7, 11) is -3.45. The number of nitrogens with zero attached hydrogens (tertiary/aromatic N) is 1. The maximum absolute atomic E-state index is 12.3. The number of hydrogen-bond donors (Lipinski definition) is 2. The molecule has 0 saturated carbocycles. The highest BCUT2D eigenvalue weighted by Gasteiger charge is 2.29. The number of benzene rings is 1. The van der Waals surface area contributed by atoms with Gasteiger partial charge in [0.1, 0.15) is 0 Å². The van der Waals surface area contributed by atoms with Gasteiger partial charge in [0.25, 0.3) is 0 Å². The Bertz CT molecular complexity index is 831. The van der Waals surface area contributed by atoms with Crippen molar-refractivity contribution in [2.45, 2.75) is 50.1 Å². The molecule has 3 N–H and O–H groups in total. The van der Waals surface area contributed by atoms with Crippen molar-refractivity contribution < 1.29 is 8.42 Å². The zero-order chi connectivity index (χ0) is 18.7. The average Bonchev–Trinajstić information content (AvgIpc) is 3.06. The lowest BCUT2D eigenvalue weighted by atomic mass is 9.96. The molecule has 5 nitrogen and oxygen atoms in total. The highest BCUT2D eigenvalue weighted by atomic mass is 32.2. The van der Waals surface area contributed by atoms with Crippen molar-refractivity contribution in [3.63, 3.8) is 0 Å². The average molecular weight is 394 g/mol. The van der Waals surface area contributed by atoms with E-state index in [0.29, 0.717) is 24.3 Å². The van der Waals surface area contributed by atoms with E-state index in [1.807, 2.05) is 11.3 Å². The van der Waals surface area contributed by atoms with Crippen molar-refractivity contribution >= 4 is 27.0 Å². The van der Waals surface area contributed by atoms with Gasteiger partial charge in [-0.2, -0.15) is 0 Å². The van der Waals surface area contributed by atoms with Crippen LogP contribution in [0, 0.1) is 0 Å². The largest absolute Gasteiger partial charge is 0.399 e. The number of nitrogen functional groups attached to an aromatic ring is 1. The smallest absolute Gasteiger partial charge is 0.240 e. The maximum Gasteiger partial charge on any atom is 0.240 e. The first-order valence-corrected chi connectivity index (χ1v) is 11.4. The molecule has 0 aliphatic carbocycles. The monoisotopic (exact) mass is 393 g/mol. The standard InChI is InChI=1S/C19H27N3O2S2/c1-14-13-16-9-12-25-19(16)15(2)22(14)11-4-3-10-21-26(23,24)18-7-5-17(20)6-8-18/h5-9,12,14-15,21H,3-4,10-11,13,20H2,1-2H3/t14-,15+/m1/s1.